The second-order valence-corrected chi connectivity index (χ2v) is 6.32. The van der Waals surface area contributed by atoms with E-state index in [9.17, 15) is 8.78 Å². The number of benzene rings is 1. The molecule has 3 rings (SSSR count). The molecule has 2 fully saturated rings. The van der Waals surface area contributed by atoms with Gasteiger partial charge < -0.3 is 14.8 Å². The van der Waals surface area contributed by atoms with E-state index in [2.05, 4.69) is 19.9 Å². The first-order chi connectivity index (χ1) is 11.7. The molecule has 2 saturated heterocycles. The van der Waals surface area contributed by atoms with Gasteiger partial charge in [-0.05, 0) is 30.7 Å². The molecule has 2 heterocycles. The number of methoxy groups -OCH3 is 1. The van der Waals surface area contributed by atoms with Gasteiger partial charge in [0.2, 0.25) is 0 Å². The molecule has 24 heavy (non-hydrogen) atoms. The minimum Gasteiger partial charge on any atom is -0.493 e. The van der Waals surface area contributed by atoms with Gasteiger partial charge in [0.25, 0.3) is 0 Å². The Kier molecular flexibility index (Phi) is 5.86. The molecule has 0 radical (unpaired) electrons. The van der Waals surface area contributed by atoms with Crippen molar-refractivity contribution in [2.24, 2.45) is 0 Å². The average Bonchev–Trinajstić information content (AvgIpc) is 3.11. The van der Waals surface area contributed by atoms with Crippen LogP contribution in [0.3, 0.4) is 0 Å². The van der Waals surface area contributed by atoms with Crippen LogP contribution in [0.15, 0.2) is 18.2 Å². The first-order valence-corrected chi connectivity index (χ1v) is 8.44. The van der Waals surface area contributed by atoms with Gasteiger partial charge in [0.1, 0.15) is 0 Å². The van der Waals surface area contributed by atoms with E-state index >= 15 is 0 Å². The van der Waals surface area contributed by atoms with Crippen molar-refractivity contribution in [2.75, 3.05) is 46.4 Å². The van der Waals surface area contributed by atoms with Crippen LogP contribution in [-0.2, 0) is 6.54 Å². The summed E-state index contributed by atoms with van der Waals surface area (Å²) < 4.78 is 34.4. The lowest BCUT2D eigenvalue weighted by Gasteiger charge is -2.37. The number of rotatable bonds is 6. The highest BCUT2D eigenvalue weighted by Gasteiger charge is 2.26. The largest absolute Gasteiger partial charge is 0.493 e. The first-order valence-electron chi connectivity index (χ1n) is 8.44. The van der Waals surface area contributed by atoms with E-state index in [-0.39, 0.29) is 5.75 Å². The van der Waals surface area contributed by atoms with E-state index < -0.39 is 6.61 Å². The zero-order valence-electron chi connectivity index (χ0n) is 14.0. The lowest BCUT2D eigenvalue weighted by Crippen LogP contribution is -2.50. The molecule has 0 aliphatic carbocycles. The molecule has 1 N–H and O–H groups in total. The third-order valence-electron chi connectivity index (χ3n) is 4.81. The number of piperazine rings is 1. The number of hydrogen-bond donors (Lipinski definition) is 1. The number of nitrogens with one attached hydrogen (secondary N) is 1. The molecule has 0 amide bonds. The van der Waals surface area contributed by atoms with Crippen molar-refractivity contribution in [1.29, 1.82) is 0 Å². The van der Waals surface area contributed by atoms with Crippen LogP contribution in [0.25, 0.3) is 0 Å². The second kappa shape index (κ2) is 8.09. The predicted molar refractivity (Wildman–Crippen MR) is 87.8 cm³/mol. The van der Waals surface area contributed by atoms with Crippen LogP contribution < -0.4 is 14.8 Å². The number of ether oxygens (including phenoxy) is 2. The van der Waals surface area contributed by atoms with Gasteiger partial charge in [-0.15, -0.1) is 0 Å². The molecular weight excluding hydrogens is 316 g/mol. The van der Waals surface area contributed by atoms with Crippen LogP contribution in [0.5, 0.6) is 11.5 Å². The van der Waals surface area contributed by atoms with Crippen LogP contribution in [0.2, 0.25) is 0 Å². The Morgan fingerprint density at radius 1 is 1.21 bits per heavy atom. The molecule has 2 aliphatic rings. The second-order valence-electron chi connectivity index (χ2n) is 6.32. The Balaban J connectivity index is 1.54. The van der Waals surface area contributed by atoms with Crippen molar-refractivity contribution < 1.29 is 18.3 Å². The van der Waals surface area contributed by atoms with Crippen molar-refractivity contribution in [1.82, 2.24) is 15.1 Å². The van der Waals surface area contributed by atoms with Crippen LogP contribution in [0.1, 0.15) is 12.0 Å². The third kappa shape index (κ3) is 4.34. The summed E-state index contributed by atoms with van der Waals surface area (Å²) in [6, 6.07) is 5.84. The van der Waals surface area contributed by atoms with Gasteiger partial charge in [-0.3, -0.25) is 9.80 Å². The molecule has 1 aromatic rings. The van der Waals surface area contributed by atoms with Crippen molar-refractivity contribution in [3.8, 4) is 11.5 Å². The summed E-state index contributed by atoms with van der Waals surface area (Å²) in [4.78, 5) is 4.96. The van der Waals surface area contributed by atoms with Crippen molar-refractivity contribution >= 4 is 0 Å². The fourth-order valence-corrected chi connectivity index (χ4v) is 3.50. The molecule has 0 aromatic heterocycles. The van der Waals surface area contributed by atoms with Gasteiger partial charge in [-0.2, -0.15) is 8.78 Å². The Labute approximate surface area is 141 Å². The summed E-state index contributed by atoms with van der Waals surface area (Å²) in [7, 11) is 1.46. The summed E-state index contributed by atoms with van der Waals surface area (Å²) in [6.45, 7) is 4.37. The fourth-order valence-electron chi connectivity index (χ4n) is 3.50. The number of hydrogen-bond acceptors (Lipinski definition) is 5. The van der Waals surface area contributed by atoms with Crippen LogP contribution in [0.4, 0.5) is 8.78 Å². The number of halogens is 2. The molecule has 1 atom stereocenters. The summed E-state index contributed by atoms with van der Waals surface area (Å²) in [5.41, 5.74) is 1.05. The normalized spacial score (nSPS) is 22.9. The SMILES string of the molecule is COc1cc(CN2CCN(C3CCNC3)CC2)ccc1OC(F)F. The molecule has 5 nitrogen and oxygen atoms in total. The molecule has 2 aliphatic heterocycles. The number of alkyl halides is 2. The van der Waals surface area contributed by atoms with Gasteiger partial charge in [-0.1, -0.05) is 6.07 Å². The molecule has 0 spiro atoms. The van der Waals surface area contributed by atoms with Gasteiger partial charge in [0, 0.05) is 45.3 Å². The molecular formula is C17H25F2N3O2. The Morgan fingerprint density at radius 3 is 2.62 bits per heavy atom. The molecule has 1 unspecified atom stereocenters. The smallest absolute Gasteiger partial charge is 0.387 e. The van der Waals surface area contributed by atoms with Crippen molar-refractivity contribution in [3.63, 3.8) is 0 Å². The summed E-state index contributed by atoms with van der Waals surface area (Å²) in [5, 5.41) is 3.42. The maximum Gasteiger partial charge on any atom is 0.387 e. The monoisotopic (exact) mass is 341 g/mol. The average molecular weight is 341 g/mol. The Hall–Kier alpha value is -1.44. The lowest BCUT2D eigenvalue weighted by molar-refractivity contribution is -0.0512. The van der Waals surface area contributed by atoms with Gasteiger partial charge in [0.15, 0.2) is 11.5 Å². The van der Waals surface area contributed by atoms with Crippen LogP contribution in [0, 0.1) is 0 Å². The zero-order valence-corrected chi connectivity index (χ0v) is 14.0. The van der Waals surface area contributed by atoms with Crippen LogP contribution >= 0.6 is 0 Å². The quantitative estimate of drug-likeness (QED) is 0.854. The fraction of sp³-hybridized carbons (Fsp3) is 0.647. The third-order valence-corrected chi connectivity index (χ3v) is 4.81. The molecule has 0 bridgehead atoms. The van der Waals surface area contributed by atoms with E-state index in [0.717, 1.165) is 51.4 Å². The minimum atomic E-state index is -2.84. The van der Waals surface area contributed by atoms with Crippen molar-refractivity contribution in [2.45, 2.75) is 25.6 Å². The summed E-state index contributed by atoms with van der Waals surface area (Å²) >= 11 is 0. The van der Waals surface area contributed by atoms with E-state index in [0.29, 0.717) is 11.8 Å². The topological polar surface area (TPSA) is 37.0 Å². The Bertz CT molecular complexity index is 531. The maximum atomic E-state index is 12.4. The van der Waals surface area contributed by atoms with E-state index in [1.54, 1.807) is 12.1 Å². The zero-order chi connectivity index (χ0) is 16.9. The van der Waals surface area contributed by atoms with E-state index in [1.807, 2.05) is 6.07 Å². The summed E-state index contributed by atoms with van der Waals surface area (Å²) in [5.74, 6) is 0.429. The lowest BCUT2D eigenvalue weighted by atomic mass is 10.1. The molecule has 134 valence electrons. The molecule has 1 aromatic carbocycles. The van der Waals surface area contributed by atoms with Crippen LogP contribution in [-0.4, -0.2) is 68.8 Å². The van der Waals surface area contributed by atoms with E-state index in [4.69, 9.17) is 4.74 Å². The van der Waals surface area contributed by atoms with Gasteiger partial charge >= 0.3 is 6.61 Å². The van der Waals surface area contributed by atoms with Gasteiger partial charge in [-0.25, -0.2) is 0 Å². The molecule has 0 saturated carbocycles. The maximum absolute atomic E-state index is 12.4. The number of nitrogens with zero attached hydrogens (tertiary/aromatic N) is 2. The summed E-state index contributed by atoms with van der Waals surface area (Å²) in [6.07, 6.45) is 1.24. The Morgan fingerprint density at radius 2 is 2.00 bits per heavy atom. The highest BCUT2D eigenvalue weighted by Crippen LogP contribution is 2.30. The minimum absolute atomic E-state index is 0.0785. The van der Waals surface area contributed by atoms with Crippen molar-refractivity contribution in [3.05, 3.63) is 23.8 Å². The highest BCUT2D eigenvalue weighted by molar-refractivity contribution is 5.43. The predicted octanol–water partition coefficient (Wildman–Crippen LogP) is 1.78. The molecule has 7 heteroatoms. The first kappa shape index (κ1) is 17.4. The standard InChI is InChI=1S/C17H25F2N3O2/c1-23-16-10-13(2-3-15(16)24-17(18)19)12-21-6-8-22(9-7-21)14-4-5-20-11-14/h2-3,10,14,17,20H,4-9,11-12H2,1H3. The van der Waals surface area contributed by atoms with E-state index in [1.165, 1.54) is 13.5 Å². The highest BCUT2D eigenvalue weighted by atomic mass is 19.3. The van der Waals surface area contributed by atoms with Gasteiger partial charge in [0.05, 0.1) is 7.11 Å².